The molecule has 0 N–H and O–H groups in total. The summed E-state index contributed by atoms with van der Waals surface area (Å²) in [5.41, 5.74) is 6.13. The fourth-order valence-corrected chi connectivity index (χ4v) is 2.42. The van der Waals surface area contributed by atoms with Gasteiger partial charge in [0.15, 0.2) is 0 Å². The maximum atomic E-state index is 12.1. The Morgan fingerprint density at radius 3 is 2.15 bits per heavy atom. The number of carbonyl (C=O) groups is 1. The molecule has 0 aromatic heterocycles. The Morgan fingerprint density at radius 1 is 0.900 bits per heavy atom. The highest BCUT2D eigenvalue weighted by Crippen LogP contribution is 2.14. The average molecular weight is 268 g/mol. The molecule has 0 bridgehead atoms. The number of ether oxygens (including phenoxy) is 1. The Labute approximate surface area is 120 Å². The second-order valence-electron chi connectivity index (χ2n) is 5.39. The predicted octanol–water partition coefficient (Wildman–Crippen LogP) is 4.28. The fraction of sp³-hybridized carbons (Fsp3) is 0.278. The van der Waals surface area contributed by atoms with Crippen molar-refractivity contribution >= 4 is 5.97 Å². The molecule has 20 heavy (non-hydrogen) atoms. The van der Waals surface area contributed by atoms with E-state index in [1.165, 1.54) is 11.1 Å². The number of hydrogen-bond donors (Lipinski definition) is 0. The van der Waals surface area contributed by atoms with Crippen LogP contribution < -0.4 is 0 Å². The maximum absolute atomic E-state index is 12.1. The second-order valence-corrected chi connectivity index (χ2v) is 5.39. The van der Waals surface area contributed by atoms with Crippen LogP contribution in [-0.2, 0) is 11.3 Å². The number of carbonyl (C=O) groups excluding carboxylic acids is 1. The SMILES string of the molecule is Cc1cc(C)cc(COC(=O)c2ccc(C)cc2C)c1. The summed E-state index contributed by atoms with van der Waals surface area (Å²) in [5.74, 6) is -0.262. The molecule has 0 saturated heterocycles. The summed E-state index contributed by atoms with van der Waals surface area (Å²) >= 11 is 0. The van der Waals surface area contributed by atoms with Crippen LogP contribution in [0, 0.1) is 27.7 Å². The van der Waals surface area contributed by atoms with Crippen LogP contribution in [0.3, 0.4) is 0 Å². The van der Waals surface area contributed by atoms with Gasteiger partial charge in [-0.3, -0.25) is 0 Å². The zero-order chi connectivity index (χ0) is 14.7. The van der Waals surface area contributed by atoms with Crippen molar-refractivity contribution in [3.8, 4) is 0 Å². The van der Waals surface area contributed by atoms with Crippen LogP contribution in [0.15, 0.2) is 36.4 Å². The minimum atomic E-state index is -0.262. The third-order valence-corrected chi connectivity index (χ3v) is 3.25. The molecule has 0 saturated carbocycles. The molecule has 0 aliphatic rings. The van der Waals surface area contributed by atoms with Crippen LogP contribution in [-0.4, -0.2) is 5.97 Å². The Morgan fingerprint density at radius 2 is 1.55 bits per heavy atom. The summed E-state index contributed by atoms with van der Waals surface area (Å²) < 4.78 is 5.41. The molecule has 0 radical (unpaired) electrons. The molecule has 0 spiro atoms. The largest absolute Gasteiger partial charge is 0.457 e. The highest BCUT2D eigenvalue weighted by atomic mass is 16.5. The summed E-state index contributed by atoms with van der Waals surface area (Å²) in [6, 6.07) is 11.9. The van der Waals surface area contributed by atoms with E-state index in [-0.39, 0.29) is 5.97 Å². The van der Waals surface area contributed by atoms with Crippen molar-refractivity contribution < 1.29 is 9.53 Å². The Hall–Kier alpha value is -2.09. The molecule has 0 heterocycles. The average Bonchev–Trinajstić information content (AvgIpc) is 2.35. The summed E-state index contributed by atoms with van der Waals surface area (Å²) in [4.78, 5) is 12.1. The minimum Gasteiger partial charge on any atom is -0.457 e. The van der Waals surface area contributed by atoms with Crippen LogP contribution in [0.4, 0.5) is 0 Å². The van der Waals surface area contributed by atoms with Gasteiger partial charge in [0.2, 0.25) is 0 Å². The lowest BCUT2D eigenvalue weighted by molar-refractivity contribution is 0.0471. The zero-order valence-electron chi connectivity index (χ0n) is 12.5. The Bertz CT molecular complexity index is 622. The quantitative estimate of drug-likeness (QED) is 0.777. The third-order valence-electron chi connectivity index (χ3n) is 3.25. The van der Waals surface area contributed by atoms with Gasteiger partial charge in [0, 0.05) is 0 Å². The van der Waals surface area contributed by atoms with E-state index in [0.29, 0.717) is 12.2 Å². The lowest BCUT2D eigenvalue weighted by Crippen LogP contribution is -2.07. The van der Waals surface area contributed by atoms with Crippen LogP contribution >= 0.6 is 0 Å². The molecular formula is C18H20O2. The second kappa shape index (κ2) is 5.91. The Kier molecular flexibility index (Phi) is 4.23. The lowest BCUT2D eigenvalue weighted by atomic mass is 10.1. The number of hydrogen-bond acceptors (Lipinski definition) is 2. The normalized spacial score (nSPS) is 10.4. The van der Waals surface area contributed by atoms with Crippen molar-refractivity contribution in [2.24, 2.45) is 0 Å². The van der Waals surface area contributed by atoms with E-state index < -0.39 is 0 Å². The molecule has 2 aromatic rings. The van der Waals surface area contributed by atoms with Crippen molar-refractivity contribution in [3.63, 3.8) is 0 Å². The van der Waals surface area contributed by atoms with Gasteiger partial charge in [0.25, 0.3) is 0 Å². The van der Waals surface area contributed by atoms with E-state index in [1.54, 1.807) is 0 Å². The molecule has 0 atom stereocenters. The number of benzene rings is 2. The molecule has 0 amide bonds. The van der Waals surface area contributed by atoms with Crippen molar-refractivity contribution in [1.29, 1.82) is 0 Å². The maximum Gasteiger partial charge on any atom is 0.338 e. The summed E-state index contributed by atoms with van der Waals surface area (Å²) in [5, 5.41) is 0. The van der Waals surface area contributed by atoms with Gasteiger partial charge in [-0.05, 0) is 44.9 Å². The molecule has 0 aliphatic carbocycles. The van der Waals surface area contributed by atoms with E-state index in [0.717, 1.165) is 16.7 Å². The molecule has 0 unspecified atom stereocenters. The van der Waals surface area contributed by atoms with Gasteiger partial charge in [-0.2, -0.15) is 0 Å². The van der Waals surface area contributed by atoms with Gasteiger partial charge in [-0.15, -0.1) is 0 Å². The highest BCUT2D eigenvalue weighted by molar-refractivity contribution is 5.91. The van der Waals surface area contributed by atoms with Gasteiger partial charge in [0.1, 0.15) is 6.61 Å². The van der Waals surface area contributed by atoms with Crippen molar-refractivity contribution in [2.75, 3.05) is 0 Å². The van der Waals surface area contributed by atoms with E-state index >= 15 is 0 Å². The van der Waals surface area contributed by atoms with E-state index in [4.69, 9.17) is 4.74 Å². The van der Waals surface area contributed by atoms with Gasteiger partial charge >= 0.3 is 5.97 Å². The summed E-state index contributed by atoms with van der Waals surface area (Å²) in [7, 11) is 0. The van der Waals surface area contributed by atoms with Crippen LogP contribution in [0.1, 0.15) is 38.2 Å². The van der Waals surface area contributed by atoms with Gasteiger partial charge in [-0.1, -0.05) is 47.0 Å². The van der Waals surface area contributed by atoms with Gasteiger partial charge < -0.3 is 4.74 Å². The smallest absolute Gasteiger partial charge is 0.338 e. The predicted molar refractivity (Wildman–Crippen MR) is 81.0 cm³/mol. The number of esters is 1. The first-order valence-corrected chi connectivity index (χ1v) is 6.77. The lowest BCUT2D eigenvalue weighted by Gasteiger charge is -2.09. The first kappa shape index (κ1) is 14.3. The van der Waals surface area contributed by atoms with Crippen molar-refractivity contribution in [2.45, 2.75) is 34.3 Å². The molecule has 0 fully saturated rings. The zero-order valence-corrected chi connectivity index (χ0v) is 12.5. The van der Waals surface area contributed by atoms with Crippen molar-refractivity contribution in [1.82, 2.24) is 0 Å². The first-order chi connectivity index (χ1) is 9.45. The molecule has 2 aromatic carbocycles. The Balaban J connectivity index is 2.08. The third kappa shape index (κ3) is 3.47. The van der Waals surface area contributed by atoms with Crippen LogP contribution in [0.5, 0.6) is 0 Å². The molecule has 0 aliphatic heterocycles. The summed E-state index contributed by atoms with van der Waals surface area (Å²) in [6.45, 7) is 8.34. The van der Waals surface area contributed by atoms with Crippen LogP contribution in [0.2, 0.25) is 0 Å². The fourth-order valence-electron chi connectivity index (χ4n) is 2.42. The first-order valence-electron chi connectivity index (χ1n) is 6.77. The number of aryl methyl sites for hydroxylation is 4. The van der Waals surface area contributed by atoms with Crippen molar-refractivity contribution in [3.05, 3.63) is 69.8 Å². The minimum absolute atomic E-state index is 0.262. The molecule has 2 rings (SSSR count). The van der Waals surface area contributed by atoms with Gasteiger partial charge in [-0.25, -0.2) is 4.79 Å². The van der Waals surface area contributed by atoms with E-state index in [1.807, 2.05) is 58.0 Å². The van der Waals surface area contributed by atoms with E-state index in [2.05, 4.69) is 6.07 Å². The van der Waals surface area contributed by atoms with Gasteiger partial charge in [0.05, 0.1) is 5.56 Å². The van der Waals surface area contributed by atoms with E-state index in [9.17, 15) is 4.79 Å². The highest BCUT2D eigenvalue weighted by Gasteiger charge is 2.10. The molecular weight excluding hydrogens is 248 g/mol. The van der Waals surface area contributed by atoms with Crippen LogP contribution in [0.25, 0.3) is 0 Å². The summed E-state index contributed by atoms with van der Waals surface area (Å²) in [6.07, 6.45) is 0. The topological polar surface area (TPSA) is 26.3 Å². The molecule has 2 nitrogen and oxygen atoms in total. The standard InChI is InChI=1S/C18H20O2/c1-12-5-6-17(15(4)8-12)18(19)20-11-16-9-13(2)7-14(3)10-16/h5-10H,11H2,1-4H3. The molecule has 104 valence electrons. The monoisotopic (exact) mass is 268 g/mol. The molecule has 2 heteroatoms. The number of rotatable bonds is 3.